The third-order valence-corrected chi connectivity index (χ3v) is 9.85. The van der Waals surface area contributed by atoms with E-state index in [0.29, 0.717) is 0 Å². The molecule has 10 aromatic rings. The highest BCUT2D eigenvalue weighted by Crippen LogP contribution is 2.46. The molecule has 0 saturated heterocycles. The molecular weight excluding hydrogens is 569 g/mol. The molecule has 0 fully saturated rings. The number of benzene rings is 9. The van der Waals surface area contributed by atoms with Crippen LogP contribution in [0.5, 0.6) is 0 Å². The minimum absolute atomic E-state index is 0.911. The molecule has 0 bridgehead atoms. The molecule has 0 aliphatic carbocycles. The van der Waals surface area contributed by atoms with Crippen molar-refractivity contribution in [2.24, 2.45) is 0 Å². The first-order valence-electron chi connectivity index (χ1n) is 16.2. The fraction of sp³-hybridized carbons (Fsp3) is 0. The lowest BCUT2D eigenvalue weighted by molar-refractivity contribution is 0.673. The summed E-state index contributed by atoms with van der Waals surface area (Å²) in [5.41, 5.74) is 9.25. The highest BCUT2D eigenvalue weighted by molar-refractivity contribution is 6.31. The molecule has 0 saturated carbocycles. The SMILES string of the molecule is c1ccc(-c2ccc(-c3c4ccccc4c(-c4ccc5oc6c7ccccc7c7ccccc7c6c5c4)c4ccccc34)cc2)cc1. The molecule has 0 aliphatic rings. The van der Waals surface area contributed by atoms with E-state index in [1.165, 1.54) is 76.5 Å². The first kappa shape index (κ1) is 26.1. The molecule has 0 spiro atoms. The van der Waals surface area contributed by atoms with Gasteiger partial charge in [0.15, 0.2) is 0 Å². The molecule has 1 nitrogen and oxygen atoms in total. The van der Waals surface area contributed by atoms with Crippen molar-refractivity contribution in [3.05, 3.63) is 170 Å². The van der Waals surface area contributed by atoms with Gasteiger partial charge in [0.2, 0.25) is 0 Å². The van der Waals surface area contributed by atoms with Crippen molar-refractivity contribution in [1.82, 2.24) is 0 Å². The smallest absolute Gasteiger partial charge is 0.143 e. The van der Waals surface area contributed by atoms with Gasteiger partial charge in [0.25, 0.3) is 0 Å². The molecule has 0 N–H and O–H groups in total. The topological polar surface area (TPSA) is 13.1 Å². The summed E-state index contributed by atoms with van der Waals surface area (Å²) in [6.45, 7) is 0. The maximum absolute atomic E-state index is 6.66. The van der Waals surface area contributed by atoms with Gasteiger partial charge in [-0.1, -0.05) is 158 Å². The van der Waals surface area contributed by atoms with E-state index >= 15 is 0 Å². The van der Waals surface area contributed by atoms with Crippen LogP contribution in [0.2, 0.25) is 0 Å². The van der Waals surface area contributed by atoms with Crippen LogP contribution in [-0.2, 0) is 0 Å². The van der Waals surface area contributed by atoms with Gasteiger partial charge in [-0.2, -0.15) is 0 Å². The minimum atomic E-state index is 0.911. The van der Waals surface area contributed by atoms with Crippen molar-refractivity contribution in [2.75, 3.05) is 0 Å². The van der Waals surface area contributed by atoms with Gasteiger partial charge in [0.05, 0.1) is 0 Å². The molecular formula is C46H28O. The van der Waals surface area contributed by atoms with Gasteiger partial charge in [-0.3, -0.25) is 0 Å². The summed E-state index contributed by atoms with van der Waals surface area (Å²) in [6.07, 6.45) is 0. The van der Waals surface area contributed by atoms with E-state index in [-0.39, 0.29) is 0 Å². The molecule has 10 rings (SSSR count). The molecule has 1 heterocycles. The monoisotopic (exact) mass is 596 g/mol. The van der Waals surface area contributed by atoms with Crippen LogP contribution in [0.1, 0.15) is 0 Å². The lowest BCUT2D eigenvalue weighted by atomic mass is 9.85. The van der Waals surface area contributed by atoms with E-state index in [0.717, 1.165) is 21.9 Å². The second-order valence-corrected chi connectivity index (χ2v) is 12.4. The van der Waals surface area contributed by atoms with Gasteiger partial charge in [-0.25, -0.2) is 0 Å². The predicted octanol–water partition coefficient (Wildman–Crippen LogP) is 13.2. The van der Waals surface area contributed by atoms with Crippen LogP contribution < -0.4 is 0 Å². The van der Waals surface area contributed by atoms with E-state index in [4.69, 9.17) is 4.42 Å². The number of rotatable bonds is 3. The Kier molecular flexibility index (Phi) is 5.64. The summed E-state index contributed by atoms with van der Waals surface area (Å²) >= 11 is 0. The summed E-state index contributed by atoms with van der Waals surface area (Å²) in [6, 6.07) is 61.4. The van der Waals surface area contributed by atoms with Gasteiger partial charge in [0, 0.05) is 16.2 Å². The van der Waals surface area contributed by atoms with Crippen LogP contribution in [0.4, 0.5) is 0 Å². The van der Waals surface area contributed by atoms with Crippen molar-refractivity contribution in [2.45, 2.75) is 0 Å². The average Bonchev–Trinajstić information content (AvgIpc) is 3.54. The van der Waals surface area contributed by atoms with Crippen molar-refractivity contribution in [3.63, 3.8) is 0 Å². The summed E-state index contributed by atoms with van der Waals surface area (Å²) in [7, 11) is 0. The zero-order valence-electron chi connectivity index (χ0n) is 25.6. The Morgan fingerprint density at radius 3 is 1.32 bits per heavy atom. The molecule has 0 unspecified atom stereocenters. The Morgan fingerprint density at radius 1 is 0.277 bits per heavy atom. The van der Waals surface area contributed by atoms with Gasteiger partial charge >= 0.3 is 0 Å². The Balaban J connectivity index is 1.25. The quantitative estimate of drug-likeness (QED) is 0.146. The molecule has 47 heavy (non-hydrogen) atoms. The number of hydrogen-bond acceptors (Lipinski definition) is 1. The summed E-state index contributed by atoms with van der Waals surface area (Å²) in [4.78, 5) is 0. The van der Waals surface area contributed by atoms with Crippen LogP contribution in [0.3, 0.4) is 0 Å². The van der Waals surface area contributed by atoms with Crippen molar-refractivity contribution in [1.29, 1.82) is 0 Å². The van der Waals surface area contributed by atoms with E-state index in [1.54, 1.807) is 0 Å². The van der Waals surface area contributed by atoms with E-state index in [2.05, 4.69) is 170 Å². The summed E-state index contributed by atoms with van der Waals surface area (Å²) < 4.78 is 6.66. The molecule has 9 aromatic carbocycles. The van der Waals surface area contributed by atoms with Gasteiger partial charge in [0.1, 0.15) is 11.2 Å². The first-order valence-corrected chi connectivity index (χ1v) is 16.2. The zero-order valence-corrected chi connectivity index (χ0v) is 25.6. The third kappa shape index (κ3) is 3.90. The summed E-state index contributed by atoms with van der Waals surface area (Å²) in [5, 5.41) is 12.2. The van der Waals surface area contributed by atoms with Crippen molar-refractivity contribution >= 4 is 65.0 Å². The van der Waals surface area contributed by atoms with Crippen LogP contribution in [0, 0.1) is 0 Å². The average molecular weight is 597 g/mol. The Hall–Kier alpha value is -6.18. The van der Waals surface area contributed by atoms with Gasteiger partial charge in [-0.15, -0.1) is 0 Å². The van der Waals surface area contributed by atoms with Gasteiger partial charge < -0.3 is 4.42 Å². The molecule has 0 atom stereocenters. The molecule has 1 aromatic heterocycles. The fourth-order valence-corrected chi connectivity index (χ4v) is 7.77. The van der Waals surface area contributed by atoms with Crippen LogP contribution in [-0.4, -0.2) is 0 Å². The zero-order chi connectivity index (χ0) is 30.9. The number of hydrogen-bond donors (Lipinski definition) is 0. The normalized spacial score (nSPS) is 11.8. The molecule has 0 radical (unpaired) electrons. The molecule has 218 valence electrons. The second-order valence-electron chi connectivity index (χ2n) is 12.4. The lowest BCUT2D eigenvalue weighted by Gasteiger charge is -2.18. The van der Waals surface area contributed by atoms with Crippen molar-refractivity contribution in [3.8, 4) is 33.4 Å². The van der Waals surface area contributed by atoms with E-state index in [9.17, 15) is 0 Å². The standard InChI is InChI=1S/C46H28O/c1-2-12-29(13-3-1)30-22-24-31(25-23-30)43-36-17-7-9-19-38(36)44(39-20-10-8-18-37(39)43)32-26-27-42-41(28-32)45-35-16-6-4-14-33(35)34-15-5-11-21-40(34)46(45)47-42/h1-28H. The highest BCUT2D eigenvalue weighted by Gasteiger charge is 2.20. The van der Waals surface area contributed by atoms with E-state index in [1.807, 2.05) is 0 Å². The molecule has 0 amide bonds. The number of fused-ring (bicyclic) bond motifs is 10. The molecule has 1 heteroatoms. The van der Waals surface area contributed by atoms with Crippen LogP contribution in [0.25, 0.3) is 98.4 Å². The maximum Gasteiger partial charge on any atom is 0.143 e. The predicted molar refractivity (Wildman–Crippen MR) is 200 cm³/mol. The van der Waals surface area contributed by atoms with Crippen LogP contribution in [0.15, 0.2) is 174 Å². The molecule has 0 aliphatic heterocycles. The second kappa shape index (κ2) is 10.2. The Morgan fingerprint density at radius 2 is 0.702 bits per heavy atom. The fourth-order valence-electron chi connectivity index (χ4n) is 7.77. The lowest BCUT2D eigenvalue weighted by Crippen LogP contribution is -1.91. The Labute approximate surface area is 271 Å². The maximum atomic E-state index is 6.66. The third-order valence-electron chi connectivity index (χ3n) is 9.85. The minimum Gasteiger partial charge on any atom is -0.455 e. The highest BCUT2D eigenvalue weighted by atomic mass is 16.3. The van der Waals surface area contributed by atoms with Crippen LogP contribution >= 0.6 is 0 Å². The Bertz CT molecular complexity index is 2760. The number of furan rings is 1. The summed E-state index contributed by atoms with van der Waals surface area (Å²) in [5.74, 6) is 0. The van der Waals surface area contributed by atoms with E-state index < -0.39 is 0 Å². The van der Waals surface area contributed by atoms with Crippen molar-refractivity contribution < 1.29 is 4.42 Å². The largest absolute Gasteiger partial charge is 0.455 e. The first-order chi connectivity index (χ1) is 23.3. The van der Waals surface area contributed by atoms with Gasteiger partial charge in [-0.05, 0) is 83.2 Å².